The zero-order chi connectivity index (χ0) is 17.1. The summed E-state index contributed by atoms with van der Waals surface area (Å²) in [5.41, 5.74) is 0.0479. The zero-order valence-electron chi connectivity index (χ0n) is 11.9. The molecular formula is C13H15F3N2O4S. The molecule has 1 fully saturated rings. The Bertz CT molecular complexity index is 670. The van der Waals surface area contributed by atoms with Crippen molar-refractivity contribution < 1.29 is 31.1 Å². The number of rotatable bonds is 5. The van der Waals surface area contributed by atoms with Crippen LogP contribution in [0.2, 0.25) is 0 Å². The van der Waals surface area contributed by atoms with Crippen molar-refractivity contribution >= 4 is 15.9 Å². The van der Waals surface area contributed by atoms with E-state index in [-0.39, 0.29) is 11.6 Å². The summed E-state index contributed by atoms with van der Waals surface area (Å²) in [5.74, 6) is -0.506. The van der Waals surface area contributed by atoms with Gasteiger partial charge in [0, 0.05) is 12.2 Å². The number of carbonyl (C=O) groups is 1. The monoisotopic (exact) mass is 352 g/mol. The first-order valence-corrected chi connectivity index (χ1v) is 8.21. The smallest absolute Gasteiger partial charge is 0.379 e. The molecule has 1 atom stereocenters. The molecule has 128 valence electrons. The van der Waals surface area contributed by atoms with Crippen LogP contribution >= 0.6 is 0 Å². The SMILES string of the molecule is O=C(N[C@@H]1CCOC1)c1cccc(S(=O)(=O)NCC(F)(F)F)c1. The second-order valence-electron chi connectivity index (χ2n) is 5.00. The molecule has 1 aliphatic rings. The Morgan fingerprint density at radius 2 is 2.09 bits per heavy atom. The first-order chi connectivity index (χ1) is 10.7. The molecule has 1 aromatic carbocycles. The van der Waals surface area contributed by atoms with E-state index in [1.807, 2.05) is 0 Å². The minimum Gasteiger partial charge on any atom is -0.379 e. The molecule has 0 radical (unpaired) electrons. The fourth-order valence-corrected chi connectivity index (χ4v) is 3.04. The number of ether oxygens (including phenoxy) is 1. The average molecular weight is 352 g/mol. The number of hydrogen-bond acceptors (Lipinski definition) is 4. The fourth-order valence-electron chi connectivity index (χ4n) is 1.98. The van der Waals surface area contributed by atoms with Crippen molar-refractivity contribution in [1.29, 1.82) is 0 Å². The molecule has 0 spiro atoms. The lowest BCUT2D eigenvalue weighted by molar-refractivity contribution is -0.121. The van der Waals surface area contributed by atoms with Gasteiger partial charge in [-0.2, -0.15) is 13.2 Å². The van der Waals surface area contributed by atoms with Crippen LogP contribution in [0.3, 0.4) is 0 Å². The molecule has 0 aromatic heterocycles. The first-order valence-electron chi connectivity index (χ1n) is 6.72. The van der Waals surface area contributed by atoms with Gasteiger partial charge >= 0.3 is 6.18 Å². The summed E-state index contributed by atoms with van der Waals surface area (Å²) in [4.78, 5) is 11.6. The Balaban J connectivity index is 2.10. The second kappa shape index (κ2) is 6.85. The summed E-state index contributed by atoms with van der Waals surface area (Å²) in [7, 11) is -4.35. The van der Waals surface area contributed by atoms with Gasteiger partial charge in [-0.1, -0.05) is 6.07 Å². The van der Waals surface area contributed by atoms with Gasteiger partial charge in [-0.3, -0.25) is 4.79 Å². The van der Waals surface area contributed by atoms with E-state index in [0.717, 1.165) is 12.1 Å². The van der Waals surface area contributed by atoms with Gasteiger partial charge in [0.1, 0.15) is 6.54 Å². The predicted octanol–water partition coefficient (Wildman–Crippen LogP) is 1.05. The van der Waals surface area contributed by atoms with Crippen LogP contribution in [0.15, 0.2) is 29.2 Å². The number of benzene rings is 1. The topological polar surface area (TPSA) is 84.5 Å². The van der Waals surface area contributed by atoms with E-state index in [1.54, 1.807) is 0 Å². The summed E-state index contributed by atoms with van der Waals surface area (Å²) in [6.45, 7) is -0.775. The second-order valence-corrected chi connectivity index (χ2v) is 6.77. The summed E-state index contributed by atoms with van der Waals surface area (Å²) in [5, 5.41) is 2.67. The molecule has 1 amide bonds. The van der Waals surface area contributed by atoms with Gasteiger partial charge in [-0.05, 0) is 24.6 Å². The van der Waals surface area contributed by atoms with Crippen molar-refractivity contribution in [3.63, 3.8) is 0 Å². The molecule has 10 heteroatoms. The van der Waals surface area contributed by atoms with Gasteiger partial charge in [0.25, 0.3) is 5.91 Å². The Hall–Kier alpha value is -1.65. The maximum atomic E-state index is 12.1. The molecule has 1 aromatic rings. The van der Waals surface area contributed by atoms with E-state index in [4.69, 9.17) is 4.74 Å². The minimum atomic E-state index is -4.66. The van der Waals surface area contributed by atoms with Crippen LogP contribution in [0.5, 0.6) is 0 Å². The molecular weight excluding hydrogens is 337 g/mol. The molecule has 1 saturated heterocycles. The third-order valence-corrected chi connectivity index (χ3v) is 4.53. The number of nitrogens with one attached hydrogen (secondary N) is 2. The number of sulfonamides is 1. The molecule has 1 heterocycles. The fraction of sp³-hybridized carbons (Fsp3) is 0.462. The summed E-state index contributed by atoms with van der Waals surface area (Å²) >= 11 is 0. The molecule has 0 bridgehead atoms. The van der Waals surface area contributed by atoms with Crippen LogP contribution in [-0.4, -0.2) is 46.3 Å². The third kappa shape index (κ3) is 5.19. The molecule has 2 N–H and O–H groups in total. The van der Waals surface area contributed by atoms with Gasteiger partial charge in [0.2, 0.25) is 10.0 Å². The number of alkyl halides is 3. The molecule has 1 aliphatic heterocycles. The van der Waals surface area contributed by atoms with Crippen molar-refractivity contribution in [2.75, 3.05) is 19.8 Å². The normalized spacial score (nSPS) is 18.8. The van der Waals surface area contributed by atoms with Gasteiger partial charge in [-0.25, -0.2) is 13.1 Å². The van der Waals surface area contributed by atoms with Gasteiger partial charge in [-0.15, -0.1) is 0 Å². The Morgan fingerprint density at radius 3 is 2.70 bits per heavy atom. The van der Waals surface area contributed by atoms with E-state index >= 15 is 0 Å². The molecule has 2 rings (SSSR count). The van der Waals surface area contributed by atoms with Crippen LogP contribution in [0.1, 0.15) is 16.8 Å². The maximum Gasteiger partial charge on any atom is 0.402 e. The lowest BCUT2D eigenvalue weighted by Crippen LogP contribution is -2.35. The highest BCUT2D eigenvalue weighted by Crippen LogP contribution is 2.16. The largest absolute Gasteiger partial charge is 0.402 e. The lowest BCUT2D eigenvalue weighted by atomic mass is 10.2. The van der Waals surface area contributed by atoms with Gasteiger partial charge in [0.15, 0.2) is 0 Å². The number of amides is 1. The zero-order valence-corrected chi connectivity index (χ0v) is 12.7. The Kier molecular flexibility index (Phi) is 5.27. The summed E-state index contributed by atoms with van der Waals surface area (Å²) < 4.78 is 66.6. The van der Waals surface area contributed by atoms with E-state index in [1.165, 1.54) is 16.9 Å². The lowest BCUT2D eigenvalue weighted by Gasteiger charge is -2.12. The quantitative estimate of drug-likeness (QED) is 0.830. The van der Waals surface area contributed by atoms with Crippen LogP contribution < -0.4 is 10.0 Å². The molecule has 0 unspecified atom stereocenters. The highest BCUT2D eigenvalue weighted by atomic mass is 32.2. The van der Waals surface area contributed by atoms with Crippen molar-refractivity contribution in [2.45, 2.75) is 23.5 Å². The summed E-state index contributed by atoms with van der Waals surface area (Å²) in [6, 6.07) is 4.67. The number of hydrogen-bond donors (Lipinski definition) is 2. The maximum absolute atomic E-state index is 12.1. The highest BCUT2D eigenvalue weighted by molar-refractivity contribution is 7.89. The van der Waals surface area contributed by atoms with E-state index in [9.17, 15) is 26.4 Å². The standard InChI is InChI=1S/C13H15F3N2O4S/c14-13(15,16)8-17-23(20,21)11-3-1-2-9(6-11)12(19)18-10-4-5-22-7-10/h1-3,6,10,17H,4-5,7-8H2,(H,18,19)/t10-/m1/s1. The Labute approximate surface area is 131 Å². The molecule has 0 aliphatic carbocycles. The van der Waals surface area contributed by atoms with Crippen LogP contribution in [0, 0.1) is 0 Å². The van der Waals surface area contributed by atoms with Crippen molar-refractivity contribution in [1.82, 2.24) is 10.0 Å². The van der Waals surface area contributed by atoms with E-state index < -0.39 is 33.5 Å². The minimum absolute atomic E-state index is 0.0479. The number of halogens is 3. The van der Waals surface area contributed by atoms with Crippen molar-refractivity contribution in [3.8, 4) is 0 Å². The third-order valence-electron chi connectivity index (χ3n) is 3.13. The highest BCUT2D eigenvalue weighted by Gasteiger charge is 2.30. The molecule has 0 saturated carbocycles. The van der Waals surface area contributed by atoms with Crippen LogP contribution in [0.25, 0.3) is 0 Å². The van der Waals surface area contributed by atoms with Gasteiger partial charge < -0.3 is 10.1 Å². The van der Waals surface area contributed by atoms with Crippen molar-refractivity contribution in [2.24, 2.45) is 0 Å². The van der Waals surface area contributed by atoms with Gasteiger partial charge in [0.05, 0.1) is 17.5 Å². The van der Waals surface area contributed by atoms with E-state index in [2.05, 4.69) is 5.32 Å². The Morgan fingerprint density at radius 1 is 1.35 bits per heavy atom. The van der Waals surface area contributed by atoms with Crippen molar-refractivity contribution in [3.05, 3.63) is 29.8 Å². The van der Waals surface area contributed by atoms with Crippen LogP contribution in [-0.2, 0) is 14.8 Å². The average Bonchev–Trinajstić information content (AvgIpc) is 2.98. The molecule has 23 heavy (non-hydrogen) atoms. The summed E-state index contributed by atoms with van der Waals surface area (Å²) in [6.07, 6.45) is -4.01. The van der Waals surface area contributed by atoms with E-state index in [0.29, 0.717) is 19.6 Å². The number of carbonyl (C=O) groups excluding carboxylic acids is 1. The first kappa shape index (κ1) is 17.7. The predicted molar refractivity (Wildman–Crippen MR) is 74.4 cm³/mol. The van der Waals surface area contributed by atoms with Crippen LogP contribution in [0.4, 0.5) is 13.2 Å². The molecule has 6 nitrogen and oxygen atoms in total.